The number of hydrogen-bond donors (Lipinski definition) is 0. The van der Waals surface area contributed by atoms with Gasteiger partial charge in [0.25, 0.3) is 11.8 Å². The zero-order valence-corrected chi connectivity index (χ0v) is 14.8. The van der Waals surface area contributed by atoms with Crippen LogP contribution in [0.2, 0.25) is 0 Å². The molecule has 2 amide bonds. The van der Waals surface area contributed by atoms with Crippen LogP contribution in [0, 0.1) is 5.41 Å². The van der Waals surface area contributed by atoms with Gasteiger partial charge in [-0.05, 0) is 36.5 Å². The van der Waals surface area contributed by atoms with Gasteiger partial charge in [0, 0.05) is 16.3 Å². The standard InChI is InChI=1S/C15H17Br2NO2/c1-3-15(4-2,8-16)9-18-13(19)11-6-5-10(17)7-12(11)14(18)20/h5-7H,3-4,8-9H2,1-2H3. The summed E-state index contributed by atoms with van der Waals surface area (Å²) in [5.74, 6) is -0.358. The molecule has 0 aromatic heterocycles. The quantitative estimate of drug-likeness (QED) is 0.545. The minimum atomic E-state index is -0.182. The highest BCUT2D eigenvalue weighted by Crippen LogP contribution is 2.34. The highest BCUT2D eigenvalue weighted by Gasteiger charge is 2.40. The Morgan fingerprint density at radius 1 is 1.10 bits per heavy atom. The van der Waals surface area contributed by atoms with Crippen molar-refractivity contribution in [1.29, 1.82) is 0 Å². The number of rotatable bonds is 5. The summed E-state index contributed by atoms with van der Waals surface area (Å²) in [4.78, 5) is 26.3. The van der Waals surface area contributed by atoms with Crippen molar-refractivity contribution in [2.24, 2.45) is 5.41 Å². The summed E-state index contributed by atoms with van der Waals surface area (Å²) in [6.07, 6.45) is 1.84. The number of amides is 2. The monoisotopic (exact) mass is 401 g/mol. The van der Waals surface area contributed by atoms with E-state index >= 15 is 0 Å². The van der Waals surface area contributed by atoms with Gasteiger partial charge in [0.2, 0.25) is 0 Å². The van der Waals surface area contributed by atoms with Crippen LogP contribution in [0.15, 0.2) is 22.7 Å². The van der Waals surface area contributed by atoms with E-state index in [2.05, 4.69) is 45.7 Å². The first-order chi connectivity index (χ1) is 9.48. The summed E-state index contributed by atoms with van der Waals surface area (Å²) < 4.78 is 0.817. The van der Waals surface area contributed by atoms with Crippen molar-refractivity contribution in [3.8, 4) is 0 Å². The Kier molecular flexibility index (Phi) is 4.69. The molecular weight excluding hydrogens is 386 g/mol. The second kappa shape index (κ2) is 5.98. The van der Waals surface area contributed by atoms with Gasteiger partial charge in [-0.15, -0.1) is 0 Å². The lowest BCUT2D eigenvalue weighted by Crippen LogP contribution is -2.41. The van der Waals surface area contributed by atoms with Gasteiger partial charge in [0.1, 0.15) is 0 Å². The van der Waals surface area contributed by atoms with Crippen LogP contribution in [0.5, 0.6) is 0 Å². The van der Waals surface area contributed by atoms with Gasteiger partial charge in [0.05, 0.1) is 11.1 Å². The summed E-state index contributed by atoms with van der Waals surface area (Å²) in [6, 6.07) is 5.24. The molecule has 5 heteroatoms. The second-order valence-electron chi connectivity index (χ2n) is 5.23. The van der Waals surface area contributed by atoms with Gasteiger partial charge in [-0.2, -0.15) is 0 Å². The molecule has 0 aliphatic carbocycles. The molecule has 0 fully saturated rings. The second-order valence-corrected chi connectivity index (χ2v) is 6.70. The van der Waals surface area contributed by atoms with E-state index in [4.69, 9.17) is 0 Å². The molecule has 0 bridgehead atoms. The van der Waals surface area contributed by atoms with Gasteiger partial charge < -0.3 is 0 Å². The minimum Gasteiger partial charge on any atom is -0.274 e. The molecule has 20 heavy (non-hydrogen) atoms. The van der Waals surface area contributed by atoms with Gasteiger partial charge in [-0.3, -0.25) is 14.5 Å². The molecule has 0 unspecified atom stereocenters. The molecule has 0 atom stereocenters. The Hall–Kier alpha value is -0.680. The normalized spacial score (nSPS) is 14.9. The maximum absolute atomic E-state index is 12.5. The molecule has 0 saturated heterocycles. The van der Waals surface area contributed by atoms with Crippen molar-refractivity contribution in [3.05, 3.63) is 33.8 Å². The highest BCUT2D eigenvalue weighted by atomic mass is 79.9. The van der Waals surface area contributed by atoms with E-state index in [1.807, 2.05) is 0 Å². The number of alkyl halides is 1. The van der Waals surface area contributed by atoms with Crippen LogP contribution < -0.4 is 0 Å². The number of fused-ring (bicyclic) bond motifs is 1. The van der Waals surface area contributed by atoms with E-state index in [0.29, 0.717) is 17.7 Å². The zero-order chi connectivity index (χ0) is 14.9. The third-order valence-corrected chi connectivity index (χ3v) is 5.89. The average molecular weight is 403 g/mol. The number of imide groups is 1. The van der Waals surface area contributed by atoms with E-state index in [0.717, 1.165) is 22.6 Å². The molecule has 0 spiro atoms. The van der Waals surface area contributed by atoms with Crippen LogP contribution in [-0.4, -0.2) is 28.6 Å². The largest absolute Gasteiger partial charge is 0.274 e. The number of benzene rings is 1. The lowest BCUT2D eigenvalue weighted by Gasteiger charge is -2.33. The molecule has 3 nitrogen and oxygen atoms in total. The first-order valence-electron chi connectivity index (χ1n) is 6.69. The van der Waals surface area contributed by atoms with Crippen molar-refractivity contribution in [2.45, 2.75) is 26.7 Å². The molecule has 0 N–H and O–H groups in total. The summed E-state index contributed by atoms with van der Waals surface area (Å²) in [5, 5.41) is 0.782. The van der Waals surface area contributed by atoms with E-state index < -0.39 is 0 Å². The van der Waals surface area contributed by atoms with Gasteiger partial charge in [-0.25, -0.2) is 0 Å². The molecule has 2 rings (SSSR count). The average Bonchev–Trinajstić information content (AvgIpc) is 2.69. The predicted molar refractivity (Wildman–Crippen MR) is 86.3 cm³/mol. The summed E-state index contributed by atoms with van der Waals surface area (Å²) in [5.41, 5.74) is 0.957. The fourth-order valence-electron chi connectivity index (χ4n) is 2.45. The number of nitrogens with zero attached hydrogens (tertiary/aromatic N) is 1. The minimum absolute atomic E-state index is 0.0510. The fraction of sp³-hybridized carbons (Fsp3) is 0.467. The van der Waals surface area contributed by atoms with Gasteiger partial charge >= 0.3 is 0 Å². The number of carbonyl (C=O) groups is 2. The zero-order valence-electron chi connectivity index (χ0n) is 11.6. The first-order valence-corrected chi connectivity index (χ1v) is 8.61. The van der Waals surface area contributed by atoms with Crippen LogP contribution in [0.25, 0.3) is 0 Å². The summed E-state index contributed by atoms with van der Waals surface area (Å²) >= 11 is 6.88. The Balaban J connectivity index is 2.33. The van der Waals surface area contributed by atoms with Crippen molar-refractivity contribution in [3.63, 3.8) is 0 Å². The molecule has 1 heterocycles. The van der Waals surface area contributed by atoms with Crippen molar-refractivity contribution < 1.29 is 9.59 Å². The maximum Gasteiger partial charge on any atom is 0.261 e. The lowest BCUT2D eigenvalue weighted by atomic mass is 9.84. The topological polar surface area (TPSA) is 37.4 Å². The smallest absolute Gasteiger partial charge is 0.261 e. The molecule has 1 aromatic rings. The predicted octanol–water partition coefficient (Wildman–Crippen LogP) is 4.25. The lowest BCUT2D eigenvalue weighted by molar-refractivity contribution is 0.0576. The Morgan fingerprint density at radius 2 is 1.70 bits per heavy atom. The van der Waals surface area contributed by atoms with Crippen molar-refractivity contribution >= 4 is 43.7 Å². The Bertz CT molecular complexity index is 545. The number of halogens is 2. The summed E-state index contributed by atoms with van der Waals surface area (Å²) in [6.45, 7) is 4.66. The molecule has 108 valence electrons. The van der Waals surface area contributed by atoms with E-state index in [-0.39, 0.29) is 17.2 Å². The highest BCUT2D eigenvalue weighted by molar-refractivity contribution is 9.10. The van der Waals surface area contributed by atoms with Gasteiger partial charge in [0.15, 0.2) is 0 Å². The number of carbonyl (C=O) groups excluding carboxylic acids is 2. The van der Waals surface area contributed by atoms with E-state index in [9.17, 15) is 9.59 Å². The summed E-state index contributed by atoms with van der Waals surface area (Å²) in [7, 11) is 0. The SMILES string of the molecule is CCC(CC)(CBr)CN1C(=O)c2ccc(Br)cc2C1=O. The van der Waals surface area contributed by atoms with Crippen LogP contribution in [-0.2, 0) is 0 Å². The third-order valence-electron chi connectivity index (χ3n) is 4.21. The Morgan fingerprint density at radius 3 is 2.25 bits per heavy atom. The molecule has 1 aromatic carbocycles. The maximum atomic E-state index is 12.5. The van der Waals surface area contributed by atoms with Gasteiger partial charge in [-0.1, -0.05) is 45.7 Å². The first kappa shape index (κ1) is 15.7. The third kappa shape index (κ3) is 2.58. The van der Waals surface area contributed by atoms with Crippen LogP contribution in [0.1, 0.15) is 47.4 Å². The van der Waals surface area contributed by atoms with Crippen LogP contribution in [0.3, 0.4) is 0 Å². The van der Waals surface area contributed by atoms with Crippen molar-refractivity contribution in [1.82, 2.24) is 4.90 Å². The van der Waals surface area contributed by atoms with Crippen LogP contribution in [0.4, 0.5) is 0 Å². The molecular formula is C15H17Br2NO2. The van der Waals surface area contributed by atoms with E-state index in [1.54, 1.807) is 18.2 Å². The van der Waals surface area contributed by atoms with E-state index in [1.165, 1.54) is 4.90 Å². The number of hydrogen-bond acceptors (Lipinski definition) is 2. The fourth-order valence-corrected chi connectivity index (χ4v) is 3.78. The Labute approximate surface area is 136 Å². The van der Waals surface area contributed by atoms with Crippen molar-refractivity contribution in [2.75, 3.05) is 11.9 Å². The molecule has 1 aliphatic rings. The van der Waals surface area contributed by atoms with Crippen LogP contribution >= 0.6 is 31.9 Å². The molecule has 0 saturated carbocycles. The molecule has 1 aliphatic heterocycles. The molecule has 0 radical (unpaired) electrons.